The summed E-state index contributed by atoms with van der Waals surface area (Å²) >= 11 is 0. The van der Waals surface area contributed by atoms with Crippen LogP contribution in [-0.4, -0.2) is 21.4 Å². The Balaban J connectivity index is 1.59. The van der Waals surface area contributed by atoms with E-state index in [1.54, 1.807) is 0 Å². The van der Waals surface area contributed by atoms with Gasteiger partial charge in [0.2, 0.25) is 0 Å². The van der Waals surface area contributed by atoms with Gasteiger partial charge in [-0.05, 0) is 49.2 Å². The van der Waals surface area contributed by atoms with E-state index in [-0.39, 0.29) is 5.91 Å². The molecule has 0 N–H and O–H groups in total. The third-order valence-electron chi connectivity index (χ3n) is 5.76. The van der Waals surface area contributed by atoms with Crippen molar-refractivity contribution < 1.29 is 4.79 Å². The molecule has 5 heteroatoms. The molecular weight excluding hydrogens is 408 g/mol. The number of amides is 1. The van der Waals surface area contributed by atoms with E-state index in [2.05, 4.69) is 36.3 Å². The van der Waals surface area contributed by atoms with E-state index in [0.29, 0.717) is 11.3 Å². The molecule has 0 spiro atoms. The molecule has 0 atom stereocenters. The zero-order valence-corrected chi connectivity index (χ0v) is 18.6. The lowest BCUT2D eigenvalue weighted by atomic mass is 10.0. The molecule has 0 aliphatic carbocycles. The van der Waals surface area contributed by atoms with E-state index in [1.165, 1.54) is 10.6 Å². The van der Waals surface area contributed by atoms with Crippen LogP contribution in [-0.2, 0) is 11.2 Å². The van der Waals surface area contributed by atoms with Crippen LogP contribution in [0.25, 0.3) is 23.0 Å². The van der Waals surface area contributed by atoms with Crippen LogP contribution in [0.4, 0.5) is 5.69 Å². The number of carbonyl (C=O) groups excluding carboxylic acids is 1. The zero-order chi connectivity index (χ0) is 22.8. The van der Waals surface area contributed by atoms with Gasteiger partial charge in [0.1, 0.15) is 0 Å². The summed E-state index contributed by atoms with van der Waals surface area (Å²) in [6.45, 7) is 4.01. The van der Waals surface area contributed by atoms with Gasteiger partial charge >= 0.3 is 0 Å². The monoisotopic (exact) mass is 432 g/mol. The molecule has 3 aromatic carbocycles. The summed E-state index contributed by atoms with van der Waals surface area (Å²) in [6.07, 6.45) is 4.85. The number of para-hydroxylation sites is 2. The zero-order valence-electron chi connectivity index (χ0n) is 18.6. The predicted molar refractivity (Wildman–Crippen MR) is 133 cm³/mol. The SMILES string of the molecule is CCc1ccc(-c2nn(-c3ccccc3)cc2/C=C2\C(=O)N(c3ccccc3)N=C2C)cc1. The maximum Gasteiger partial charge on any atom is 0.280 e. The van der Waals surface area contributed by atoms with Gasteiger partial charge < -0.3 is 0 Å². The molecule has 1 aliphatic rings. The van der Waals surface area contributed by atoms with E-state index in [9.17, 15) is 4.79 Å². The number of rotatable bonds is 5. The summed E-state index contributed by atoms with van der Waals surface area (Å²) in [7, 11) is 0. The fourth-order valence-corrected chi connectivity index (χ4v) is 3.91. The topological polar surface area (TPSA) is 50.5 Å². The minimum Gasteiger partial charge on any atom is -0.267 e. The van der Waals surface area contributed by atoms with Crippen LogP contribution in [0.15, 0.2) is 102 Å². The van der Waals surface area contributed by atoms with E-state index in [1.807, 2.05) is 84.5 Å². The number of hydrogen-bond donors (Lipinski definition) is 0. The number of carbonyl (C=O) groups is 1. The number of anilines is 1. The summed E-state index contributed by atoms with van der Waals surface area (Å²) < 4.78 is 1.86. The van der Waals surface area contributed by atoms with Crippen LogP contribution in [0, 0.1) is 0 Å². The molecule has 162 valence electrons. The van der Waals surface area contributed by atoms with Gasteiger partial charge in [-0.1, -0.05) is 67.6 Å². The Morgan fingerprint density at radius 3 is 2.12 bits per heavy atom. The molecule has 0 unspecified atom stereocenters. The first-order valence-electron chi connectivity index (χ1n) is 11.0. The summed E-state index contributed by atoms with van der Waals surface area (Å²) in [6, 6.07) is 27.9. The third-order valence-corrected chi connectivity index (χ3v) is 5.76. The smallest absolute Gasteiger partial charge is 0.267 e. The molecule has 33 heavy (non-hydrogen) atoms. The fourth-order valence-electron chi connectivity index (χ4n) is 3.91. The molecule has 4 aromatic rings. The van der Waals surface area contributed by atoms with Gasteiger partial charge in [-0.25, -0.2) is 4.68 Å². The number of hydrazone groups is 1. The van der Waals surface area contributed by atoms with Crippen LogP contribution < -0.4 is 5.01 Å². The Morgan fingerprint density at radius 1 is 0.848 bits per heavy atom. The molecule has 0 radical (unpaired) electrons. The molecule has 0 bridgehead atoms. The lowest BCUT2D eigenvalue weighted by Gasteiger charge is -2.11. The van der Waals surface area contributed by atoms with Gasteiger partial charge in [0.05, 0.1) is 28.4 Å². The maximum absolute atomic E-state index is 13.2. The largest absolute Gasteiger partial charge is 0.280 e. The van der Waals surface area contributed by atoms with Crippen LogP contribution in [0.1, 0.15) is 25.0 Å². The predicted octanol–water partition coefficient (Wildman–Crippen LogP) is 5.91. The second-order valence-electron chi connectivity index (χ2n) is 7.96. The third kappa shape index (κ3) is 4.01. The second kappa shape index (κ2) is 8.71. The molecule has 5 nitrogen and oxygen atoms in total. The molecule has 0 saturated heterocycles. The highest BCUT2D eigenvalue weighted by atomic mass is 16.2. The van der Waals surface area contributed by atoms with Crippen molar-refractivity contribution in [2.24, 2.45) is 5.10 Å². The van der Waals surface area contributed by atoms with Crippen LogP contribution in [0.2, 0.25) is 0 Å². The Morgan fingerprint density at radius 2 is 1.48 bits per heavy atom. The van der Waals surface area contributed by atoms with Crippen molar-refractivity contribution >= 4 is 23.4 Å². The van der Waals surface area contributed by atoms with Crippen molar-refractivity contribution in [3.63, 3.8) is 0 Å². The number of hydrogen-bond acceptors (Lipinski definition) is 3. The van der Waals surface area contributed by atoms with Gasteiger partial charge in [-0.15, -0.1) is 0 Å². The first-order valence-corrected chi connectivity index (χ1v) is 11.0. The quantitative estimate of drug-likeness (QED) is 0.368. The Bertz CT molecular complexity index is 1350. The molecule has 5 rings (SSSR count). The van der Waals surface area contributed by atoms with Gasteiger partial charge in [0, 0.05) is 17.3 Å². The average molecular weight is 433 g/mol. The summed E-state index contributed by atoms with van der Waals surface area (Å²) in [5.74, 6) is -0.140. The summed E-state index contributed by atoms with van der Waals surface area (Å²) in [5, 5.41) is 10.9. The minimum absolute atomic E-state index is 0.140. The standard InChI is InChI=1S/C28H24N4O/c1-3-21-14-16-22(17-15-21)27-23(19-31(30-27)24-10-6-4-7-11-24)18-26-20(2)29-32(28(26)33)25-12-8-5-9-13-25/h4-19H,3H2,1-2H3/b26-18-. The Labute approximate surface area is 193 Å². The van der Waals surface area contributed by atoms with Gasteiger partial charge in [-0.2, -0.15) is 15.2 Å². The number of aryl methyl sites for hydroxylation is 1. The lowest BCUT2D eigenvalue weighted by molar-refractivity contribution is -0.114. The Kier molecular flexibility index (Phi) is 5.45. The van der Waals surface area contributed by atoms with Crippen LogP contribution in [0.3, 0.4) is 0 Å². The van der Waals surface area contributed by atoms with Crippen molar-refractivity contribution in [3.05, 3.63) is 108 Å². The molecule has 2 heterocycles. The molecular formula is C28H24N4O. The maximum atomic E-state index is 13.2. The van der Waals surface area contributed by atoms with Gasteiger partial charge in [0.15, 0.2) is 0 Å². The first kappa shape index (κ1) is 20.6. The van der Waals surface area contributed by atoms with Gasteiger partial charge in [0.25, 0.3) is 5.91 Å². The molecule has 0 fully saturated rings. The molecule has 1 amide bonds. The lowest BCUT2D eigenvalue weighted by Crippen LogP contribution is -2.21. The number of aromatic nitrogens is 2. The van der Waals surface area contributed by atoms with Crippen molar-refractivity contribution in [1.82, 2.24) is 9.78 Å². The first-order chi connectivity index (χ1) is 16.1. The molecule has 1 aromatic heterocycles. The molecule has 1 aliphatic heterocycles. The van der Waals surface area contributed by atoms with Crippen molar-refractivity contribution in [2.75, 3.05) is 5.01 Å². The van der Waals surface area contributed by atoms with Gasteiger partial charge in [-0.3, -0.25) is 4.79 Å². The van der Waals surface area contributed by atoms with E-state index < -0.39 is 0 Å². The highest BCUT2D eigenvalue weighted by Crippen LogP contribution is 2.29. The summed E-state index contributed by atoms with van der Waals surface area (Å²) in [5.41, 5.74) is 6.94. The van der Waals surface area contributed by atoms with Crippen molar-refractivity contribution in [3.8, 4) is 16.9 Å². The van der Waals surface area contributed by atoms with Crippen molar-refractivity contribution in [1.29, 1.82) is 0 Å². The highest BCUT2D eigenvalue weighted by Gasteiger charge is 2.29. The van der Waals surface area contributed by atoms with Crippen molar-refractivity contribution in [2.45, 2.75) is 20.3 Å². The normalized spacial score (nSPS) is 14.7. The summed E-state index contributed by atoms with van der Waals surface area (Å²) in [4.78, 5) is 13.2. The number of benzene rings is 3. The van der Waals surface area contributed by atoms with Crippen LogP contribution >= 0.6 is 0 Å². The second-order valence-corrected chi connectivity index (χ2v) is 7.96. The minimum atomic E-state index is -0.140. The fraction of sp³-hybridized carbons (Fsp3) is 0.107. The van der Waals surface area contributed by atoms with E-state index in [4.69, 9.17) is 5.10 Å². The van der Waals surface area contributed by atoms with E-state index in [0.717, 1.165) is 34.6 Å². The van der Waals surface area contributed by atoms with Crippen LogP contribution in [0.5, 0.6) is 0 Å². The number of nitrogens with zero attached hydrogens (tertiary/aromatic N) is 4. The highest BCUT2D eigenvalue weighted by molar-refractivity contribution is 6.32. The van der Waals surface area contributed by atoms with E-state index >= 15 is 0 Å². The molecule has 0 saturated carbocycles. The average Bonchev–Trinajstić information content (AvgIpc) is 3.42. The Hall–Kier alpha value is -4.25.